The van der Waals surface area contributed by atoms with Gasteiger partial charge in [0, 0.05) is 18.3 Å². The van der Waals surface area contributed by atoms with Crippen LogP contribution in [0.1, 0.15) is 24.3 Å². The molecule has 2 heterocycles. The molecule has 0 bridgehead atoms. The van der Waals surface area contributed by atoms with E-state index in [0.717, 1.165) is 11.0 Å². The third kappa shape index (κ3) is 2.87. The lowest BCUT2D eigenvalue weighted by molar-refractivity contribution is -0.132. The highest BCUT2D eigenvalue weighted by Gasteiger charge is 2.18. The molecule has 0 spiro atoms. The van der Waals surface area contributed by atoms with E-state index in [9.17, 15) is 4.79 Å². The van der Waals surface area contributed by atoms with Crippen molar-refractivity contribution in [3.05, 3.63) is 46.7 Å². The molecular formula is C16H18N4OS. The van der Waals surface area contributed by atoms with E-state index in [-0.39, 0.29) is 11.9 Å². The first kappa shape index (κ1) is 14.7. The van der Waals surface area contributed by atoms with E-state index in [1.165, 1.54) is 4.88 Å². The highest BCUT2D eigenvalue weighted by atomic mass is 32.1. The van der Waals surface area contributed by atoms with E-state index in [2.05, 4.69) is 23.3 Å². The molecule has 1 aromatic carbocycles. The summed E-state index contributed by atoms with van der Waals surface area (Å²) in [6.45, 7) is 2.59. The topological polar surface area (TPSA) is 51.0 Å². The van der Waals surface area contributed by atoms with E-state index in [1.54, 1.807) is 20.9 Å². The van der Waals surface area contributed by atoms with E-state index in [4.69, 9.17) is 0 Å². The predicted octanol–water partition coefficient (Wildman–Crippen LogP) is 3.10. The number of carbonyl (C=O) groups excluding carboxylic acids is 1. The van der Waals surface area contributed by atoms with Gasteiger partial charge in [0.15, 0.2) is 0 Å². The third-order valence-electron chi connectivity index (χ3n) is 3.89. The zero-order chi connectivity index (χ0) is 15.5. The minimum Gasteiger partial charge on any atom is -0.338 e. The standard InChI is InChI=1S/C16H18N4OS/c1-12(15-8-5-11-22-15)19(2)16(21)9-10-20-14-7-4-3-6-13(14)17-18-20/h3-8,11-12H,9-10H2,1-2H3. The fourth-order valence-corrected chi connectivity index (χ4v) is 3.22. The molecule has 0 saturated heterocycles. The Bertz CT molecular complexity index is 765. The minimum absolute atomic E-state index is 0.0972. The summed E-state index contributed by atoms with van der Waals surface area (Å²) in [6.07, 6.45) is 0.416. The molecule has 0 aliphatic heterocycles. The number of para-hydroxylation sites is 1. The molecule has 0 aliphatic rings. The number of thiophene rings is 1. The van der Waals surface area contributed by atoms with Crippen molar-refractivity contribution in [3.63, 3.8) is 0 Å². The number of fused-ring (bicyclic) bond motifs is 1. The molecule has 0 radical (unpaired) electrons. The molecule has 3 aromatic rings. The maximum absolute atomic E-state index is 12.4. The van der Waals surface area contributed by atoms with Crippen molar-refractivity contribution in [3.8, 4) is 0 Å². The number of nitrogens with zero attached hydrogens (tertiary/aromatic N) is 4. The lowest BCUT2D eigenvalue weighted by atomic mass is 10.2. The van der Waals surface area contributed by atoms with Crippen molar-refractivity contribution in [2.45, 2.75) is 25.9 Å². The highest BCUT2D eigenvalue weighted by molar-refractivity contribution is 7.10. The van der Waals surface area contributed by atoms with Crippen LogP contribution in [0.15, 0.2) is 41.8 Å². The average Bonchev–Trinajstić information content (AvgIpc) is 3.21. The fraction of sp³-hybridized carbons (Fsp3) is 0.312. The van der Waals surface area contributed by atoms with Gasteiger partial charge in [-0.3, -0.25) is 4.79 Å². The summed E-state index contributed by atoms with van der Waals surface area (Å²) in [5, 5.41) is 10.3. The molecule has 0 saturated carbocycles. The smallest absolute Gasteiger partial charge is 0.224 e. The van der Waals surface area contributed by atoms with E-state index < -0.39 is 0 Å². The van der Waals surface area contributed by atoms with Crippen LogP contribution < -0.4 is 0 Å². The first-order valence-electron chi connectivity index (χ1n) is 7.24. The SMILES string of the molecule is CC(c1cccs1)N(C)C(=O)CCn1nnc2ccccc21. The summed E-state index contributed by atoms with van der Waals surface area (Å²) in [5.74, 6) is 0.112. The van der Waals surface area contributed by atoms with E-state index >= 15 is 0 Å². The van der Waals surface area contributed by atoms with Crippen LogP contribution in [0.3, 0.4) is 0 Å². The molecule has 0 N–H and O–H groups in total. The number of hydrogen-bond donors (Lipinski definition) is 0. The van der Waals surface area contributed by atoms with Gasteiger partial charge in [-0.25, -0.2) is 4.68 Å². The Morgan fingerprint density at radius 3 is 2.91 bits per heavy atom. The Balaban J connectivity index is 1.64. The van der Waals surface area contributed by atoms with Gasteiger partial charge in [-0.2, -0.15) is 0 Å². The van der Waals surface area contributed by atoms with Crippen molar-refractivity contribution < 1.29 is 4.79 Å². The largest absolute Gasteiger partial charge is 0.338 e. The number of aromatic nitrogens is 3. The van der Waals surface area contributed by atoms with E-state index in [0.29, 0.717) is 13.0 Å². The Hall–Kier alpha value is -2.21. The molecule has 5 nitrogen and oxygen atoms in total. The second kappa shape index (κ2) is 6.27. The first-order chi connectivity index (χ1) is 10.7. The summed E-state index contributed by atoms with van der Waals surface area (Å²) in [7, 11) is 1.85. The number of amides is 1. The molecule has 22 heavy (non-hydrogen) atoms. The third-order valence-corrected chi connectivity index (χ3v) is 4.93. The summed E-state index contributed by atoms with van der Waals surface area (Å²) < 4.78 is 1.79. The van der Waals surface area contributed by atoms with Crippen molar-refractivity contribution in [1.29, 1.82) is 0 Å². The van der Waals surface area contributed by atoms with Gasteiger partial charge in [0.25, 0.3) is 0 Å². The monoisotopic (exact) mass is 314 g/mol. The number of aryl methyl sites for hydroxylation is 1. The minimum atomic E-state index is 0.0972. The molecule has 1 atom stereocenters. The summed E-state index contributed by atoms with van der Waals surface area (Å²) in [6, 6.07) is 11.9. The van der Waals surface area contributed by atoms with Gasteiger partial charge in [0.2, 0.25) is 5.91 Å². The molecule has 2 aromatic heterocycles. The van der Waals surface area contributed by atoms with Gasteiger partial charge in [-0.15, -0.1) is 16.4 Å². The van der Waals surface area contributed by atoms with Crippen LogP contribution in [0.2, 0.25) is 0 Å². The van der Waals surface area contributed by atoms with Crippen LogP contribution in [0.5, 0.6) is 0 Å². The van der Waals surface area contributed by atoms with Crippen molar-refractivity contribution >= 4 is 28.3 Å². The summed E-state index contributed by atoms with van der Waals surface area (Å²) in [5.41, 5.74) is 1.82. The quantitative estimate of drug-likeness (QED) is 0.727. The van der Waals surface area contributed by atoms with E-state index in [1.807, 2.05) is 42.8 Å². The van der Waals surface area contributed by atoms with Crippen LogP contribution in [-0.4, -0.2) is 32.8 Å². The molecule has 114 valence electrons. The first-order valence-corrected chi connectivity index (χ1v) is 8.12. The van der Waals surface area contributed by atoms with Crippen molar-refractivity contribution in [2.24, 2.45) is 0 Å². The van der Waals surface area contributed by atoms with Crippen molar-refractivity contribution in [2.75, 3.05) is 7.05 Å². The molecule has 1 unspecified atom stereocenters. The number of hydrogen-bond acceptors (Lipinski definition) is 4. The van der Waals surface area contributed by atoms with Crippen LogP contribution in [0.4, 0.5) is 0 Å². The van der Waals surface area contributed by atoms with Gasteiger partial charge >= 0.3 is 0 Å². The maximum Gasteiger partial charge on any atom is 0.224 e. The Morgan fingerprint density at radius 1 is 1.32 bits per heavy atom. The molecule has 0 aliphatic carbocycles. The predicted molar refractivity (Wildman–Crippen MR) is 87.6 cm³/mol. The van der Waals surface area contributed by atoms with Crippen molar-refractivity contribution in [1.82, 2.24) is 19.9 Å². The van der Waals surface area contributed by atoms with Gasteiger partial charge in [-0.05, 0) is 30.5 Å². The van der Waals surface area contributed by atoms with Crippen LogP contribution >= 0.6 is 11.3 Å². The maximum atomic E-state index is 12.4. The lowest BCUT2D eigenvalue weighted by Crippen LogP contribution is -2.30. The van der Waals surface area contributed by atoms with Gasteiger partial charge in [0.1, 0.15) is 5.52 Å². The second-order valence-corrected chi connectivity index (χ2v) is 6.23. The lowest BCUT2D eigenvalue weighted by Gasteiger charge is -2.24. The molecule has 0 fully saturated rings. The van der Waals surface area contributed by atoms with Gasteiger partial charge in [-0.1, -0.05) is 23.4 Å². The highest BCUT2D eigenvalue weighted by Crippen LogP contribution is 2.23. The normalized spacial score (nSPS) is 12.5. The Labute approximate surface area is 133 Å². The molecular weight excluding hydrogens is 296 g/mol. The van der Waals surface area contributed by atoms with Crippen LogP contribution in [-0.2, 0) is 11.3 Å². The van der Waals surface area contributed by atoms with Gasteiger partial charge < -0.3 is 4.90 Å². The zero-order valence-corrected chi connectivity index (χ0v) is 13.5. The zero-order valence-electron chi connectivity index (χ0n) is 12.6. The number of benzene rings is 1. The fourth-order valence-electron chi connectivity index (χ4n) is 2.40. The number of carbonyl (C=O) groups is 1. The van der Waals surface area contributed by atoms with Gasteiger partial charge in [0.05, 0.1) is 18.1 Å². The Morgan fingerprint density at radius 2 is 2.14 bits per heavy atom. The Kier molecular flexibility index (Phi) is 4.20. The molecule has 6 heteroatoms. The molecule has 3 rings (SSSR count). The average molecular weight is 314 g/mol. The summed E-state index contributed by atoms with van der Waals surface area (Å²) >= 11 is 1.67. The van der Waals surface area contributed by atoms with Crippen LogP contribution in [0, 0.1) is 0 Å². The number of rotatable bonds is 5. The molecule has 1 amide bonds. The second-order valence-electron chi connectivity index (χ2n) is 5.25. The van der Waals surface area contributed by atoms with Crippen LogP contribution in [0.25, 0.3) is 11.0 Å². The summed E-state index contributed by atoms with van der Waals surface area (Å²) in [4.78, 5) is 15.4.